The molecule has 0 aliphatic rings. The van der Waals surface area contributed by atoms with Crippen LogP contribution in [-0.2, 0) is 11.0 Å². The molecule has 0 saturated heterocycles. The molecule has 6 heteroatoms. The molecule has 2 rings (SSSR count). The van der Waals surface area contributed by atoms with Crippen molar-refractivity contribution in [3.05, 3.63) is 59.2 Å². The molecular weight excluding hydrogens is 343 g/mol. The van der Waals surface area contributed by atoms with Crippen LogP contribution in [0.2, 0.25) is 0 Å². The molecule has 0 heterocycles. The Balaban J connectivity index is 2.13. The van der Waals surface area contributed by atoms with Crippen molar-refractivity contribution >= 4 is 11.6 Å². The molecule has 0 fully saturated rings. The molecule has 0 aliphatic heterocycles. The van der Waals surface area contributed by atoms with E-state index >= 15 is 0 Å². The summed E-state index contributed by atoms with van der Waals surface area (Å²) in [5.74, 6) is 0.302. The molecule has 0 spiro atoms. The summed E-state index contributed by atoms with van der Waals surface area (Å²) in [4.78, 5) is 12.3. The number of aryl methyl sites for hydroxylation is 1. The predicted octanol–water partition coefficient (Wildman–Crippen LogP) is 5.54. The van der Waals surface area contributed by atoms with Crippen LogP contribution in [0.1, 0.15) is 43.4 Å². The largest absolute Gasteiger partial charge is 0.481 e. The third-order valence-corrected chi connectivity index (χ3v) is 3.92. The molecule has 0 bridgehead atoms. The van der Waals surface area contributed by atoms with E-state index in [-0.39, 0.29) is 11.6 Å². The lowest BCUT2D eigenvalue weighted by molar-refractivity contribution is -0.137. The molecule has 0 saturated carbocycles. The topological polar surface area (TPSA) is 38.3 Å². The van der Waals surface area contributed by atoms with E-state index in [1.54, 1.807) is 6.92 Å². The predicted molar refractivity (Wildman–Crippen MR) is 95.4 cm³/mol. The van der Waals surface area contributed by atoms with Crippen LogP contribution in [-0.4, -0.2) is 12.0 Å². The summed E-state index contributed by atoms with van der Waals surface area (Å²) in [6, 6.07) is 10.3. The Morgan fingerprint density at radius 1 is 1.08 bits per heavy atom. The number of carbonyl (C=O) groups excluding carboxylic acids is 1. The van der Waals surface area contributed by atoms with Gasteiger partial charge in [-0.2, -0.15) is 13.2 Å². The molecule has 3 nitrogen and oxygen atoms in total. The number of nitrogens with one attached hydrogen (secondary N) is 1. The highest BCUT2D eigenvalue weighted by atomic mass is 19.4. The minimum Gasteiger partial charge on any atom is -0.481 e. The van der Waals surface area contributed by atoms with Crippen LogP contribution in [0.5, 0.6) is 5.75 Å². The van der Waals surface area contributed by atoms with Crippen LogP contribution in [0.3, 0.4) is 0 Å². The molecule has 2 aromatic carbocycles. The number of benzene rings is 2. The second-order valence-electron chi connectivity index (χ2n) is 6.52. The molecule has 140 valence electrons. The Kier molecular flexibility index (Phi) is 5.95. The third-order valence-electron chi connectivity index (χ3n) is 3.92. The Hall–Kier alpha value is -2.50. The van der Waals surface area contributed by atoms with E-state index in [4.69, 9.17) is 4.74 Å². The number of hydrogen-bond donors (Lipinski definition) is 1. The molecule has 0 aliphatic carbocycles. The standard InChI is InChI=1S/C20H22F3NO2/c1-12(2)17-9-8-13(3)10-18(17)26-14(4)19(25)24-16-7-5-6-15(11-16)20(21,22)23/h5-12,14H,1-4H3,(H,24,25)/t14-/m0/s1. The number of amides is 1. The lowest BCUT2D eigenvalue weighted by Gasteiger charge is -2.19. The number of rotatable bonds is 5. The van der Waals surface area contributed by atoms with Crippen LogP contribution in [0.25, 0.3) is 0 Å². The van der Waals surface area contributed by atoms with E-state index in [1.165, 1.54) is 12.1 Å². The van der Waals surface area contributed by atoms with Crippen LogP contribution in [0.4, 0.5) is 18.9 Å². The molecule has 0 aromatic heterocycles. The first-order chi connectivity index (χ1) is 12.1. The SMILES string of the molecule is Cc1ccc(C(C)C)c(O[C@@H](C)C(=O)Nc2cccc(C(F)(F)F)c2)c1. The zero-order valence-electron chi connectivity index (χ0n) is 15.1. The van der Waals surface area contributed by atoms with Crippen molar-refractivity contribution in [2.24, 2.45) is 0 Å². The number of halogens is 3. The van der Waals surface area contributed by atoms with Gasteiger partial charge in [-0.1, -0.05) is 32.0 Å². The monoisotopic (exact) mass is 365 g/mol. The van der Waals surface area contributed by atoms with E-state index in [1.807, 2.05) is 39.0 Å². The molecule has 1 amide bonds. The summed E-state index contributed by atoms with van der Waals surface area (Å²) in [6.45, 7) is 7.52. The molecule has 1 atom stereocenters. The van der Waals surface area contributed by atoms with Crippen molar-refractivity contribution < 1.29 is 22.7 Å². The Morgan fingerprint density at radius 3 is 2.38 bits per heavy atom. The van der Waals surface area contributed by atoms with Gasteiger partial charge in [0.05, 0.1) is 5.56 Å². The first kappa shape index (κ1) is 19.8. The van der Waals surface area contributed by atoms with Gasteiger partial charge >= 0.3 is 6.18 Å². The van der Waals surface area contributed by atoms with Crippen molar-refractivity contribution in [1.29, 1.82) is 0 Å². The van der Waals surface area contributed by atoms with Gasteiger partial charge in [-0.15, -0.1) is 0 Å². The number of anilines is 1. The quantitative estimate of drug-likeness (QED) is 0.755. The fraction of sp³-hybridized carbons (Fsp3) is 0.350. The highest BCUT2D eigenvalue weighted by molar-refractivity contribution is 5.94. The molecule has 1 N–H and O–H groups in total. The average Bonchev–Trinajstić information content (AvgIpc) is 2.54. The lowest BCUT2D eigenvalue weighted by Crippen LogP contribution is -2.30. The zero-order valence-corrected chi connectivity index (χ0v) is 15.1. The van der Waals surface area contributed by atoms with E-state index in [9.17, 15) is 18.0 Å². The highest BCUT2D eigenvalue weighted by Gasteiger charge is 2.30. The molecule has 0 unspecified atom stereocenters. The molecule has 0 radical (unpaired) electrons. The summed E-state index contributed by atoms with van der Waals surface area (Å²) < 4.78 is 44.1. The summed E-state index contributed by atoms with van der Waals surface area (Å²) in [5, 5.41) is 2.47. The fourth-order valence-corrected chi connectivity index (χ4v) is 2.48. The first-order valence-corrected chi connectivity index (χ1v) is 8.33. The number of ether oxygens (including phenoxy) is 1. The van der Waals surface area contributed by atoms with E-state index in [0.717, 1.165) is 23.3 Å². The summed E-state index contributed by atoms with van der Waals surface area (Å²) >= 11 is 0. The maximum absolute atomic E-state index is 12.8. The number of alkyl halides is 3. The summed E-state index contributed by atoms with van der Waals surface area (Å²) in [7, 11) is 0. The first-order valence-electron chi connectivity index (χ1n) is 8.33. The highest BCUT2D eigenvalue weighted by Crippen LogP contribution is 2.31. The Labute approximate surface area is 151 Å². The Morgan fingerprint density at radius 2 is 1.77 bits per heavy atom. The third kappa shape index (κ3) is 5.00. The maximum atomic E-state index is 12.8. The minimum atomic E-state index is -4.46. The van der Waals surface area contributed by atoms with Gasteiger partial charge in [-0.05, 0) is 55.2 Å². The smallest absolute Gasteiger partial charge is 0.416 e. The van der Waals surface area contributed by atoms with Gasteiger partial charge in [-0.25, -0.2) is 0 Å². The normalized spacial score (nSPS) is 12.8. The van der Waals surface area contributed by atoms with Gasteiger partial charge in [0, 0.05) is 5.69 Å². The number of hydrogen-bond acceptors (Lipinski definition) is 2. The van der Waals surface area contributed by atoms with Crippen LogP contribution in [0, 0.1) is 6.92 Å². The van der Waals surface area contributed by atoms with E-state index < -0.39 is 23.8 Å². The van der Waals surface area contributed by atoms with Crippen molar-refractivity contribution in [3.63, 3.8) is 0 Å². The molecule has 26 heavy (non-hydrogen) atoms. The average molecular weight is 365 g/mol. The van der Waals surface area contributed by atoms with Gasteiger partial charge in [0.1, 0.15) is 5.75 Å². The van der Waals surface area contributed by atoms with E-state index in [0.29, 0.717) is 5.75 Å². The molecule has 2 aromatic rings. The van der Waals surface area contributed by atoms with Crippen molar-refractivity contribution in [1.82, 2.24) is 0 Å². The maximum Gasteiger partial charge on any atom is 0.416 e. The van der Waals surface area contributed by atoms with E-state index in [2.05, 4.69) is 5.32 Å². The van der Waals surface area contributed by atoms with Crippen LogP contribution in [0.15, 0.2) is 42.5 Å². The summed E-state index contributed by atoms with van der Waals surface area (Å²) in [6.07, 6.45) is -5.32. The van der Waals surface area contributed by atoms with Crippen LogP contribution < -0.4 is 10.1 Å². The zero-order chi connectivity index (χ0) is 19.5. The van der Waals surface area contributed by atoms with Gasteiger partial charge < -0.3 is 10.1 Å². The van der Waals surface area contributed by atoms with Crippen LogP contribution >= 0.6 is 0 Å². The second-order valence-corrected chi connectivity index (χ2v) is 6.52. The van der Waals surface area contributed by atoms with Crippen molar-refractivity contribution in [2.45, 2.75) is 45.9 Å². The van der Waals surface area contributed by atoms with Crippen molar-refractivity contribution in [3.8, 4) is 5.75 Å². The fourth-order valence-electron chi connectivity index (χ4n) is 2.48. The number of carbonyl (C=O) groups is 1. The van der Waals surface area contributed by atoms with Crippen molar-refractivity contribution in [2.75, 3.05) is 5.32 Å². The Bertz CT molecular complexity index is 785. The van der Waals surface area contributed by atoms with Gasteiger partial charge in [0.25, 0.3) is 5.91 Å². The van der Waals surface area contributed by atoms with Gasteiger partial charge in [-0.3, -0.25) is 4.79 Å². The molecular formula is C20H22F3NO2. The lowest BCUT2D eigenvalue weighted by atomic mass is 10.0. The van der Waals surface area contributed by atoms with Gasteiger partial charge in [0.15, 0.2) is 6.10 Å². The second kappa shape index (κ2) is 7.81. The van der Waals surface area contributed by atoms with Gasteiger partial charge in [0.2, 0.25) is 0 Å². The summed E-state index contributed by atoms with van der Waals surface area (Å²) in [5.41, 5.74) is 1.22. The minimum absolute atomic E-state index is 0.0774.